The Hall–Kier alpha value is -1.35. The van der Waals surface area contributed by atoms with E-state index in [1.165, 1.54) is 16.5 Å². The van der Waals surface area contributed by atoms with E-state index in [0.29, 0.717) is 11.7 Å². The average Bonchev–Trinajstić information content (AvgIpc) is 2.56. The molecule has 0 aliphatic carbocycles. The lowest BCUT2D eigenvalue weighted by atomic mass is 10.2. The Bertz CT molecular complexity index is 466. The molecule has 0 atom stereocenters. The van der Waals surface area contributed by atoms with E-state index >= 15 is 0 Å². The van der Waals surface area contributed by atoms with Crippen molar-refractivity contribution in [3.63, 3.8) is 0 Å². The van der Waals surface area contributed by atoms with Crippen LogP contribution in [0.4, 0.5) is 0 Å². The van der Waals surface area contributed by atoms with Gasteiger partial charge in [-0.05, 0) is 37.7 Å². The fourth-order valence-electron chi connectivity index (χ4n) is 1.75. The number of aryl methyl sites for hydroxylation is 2. The summed E-state index contributed by atoms with van der Waals surface area (Å²) in [5.41, 5.74) is 2.66. The summed E-state index contributed by atoms with van der Waals surface area (Å²) in [5, 5.41) is 1.98. The Morgan fingerprint density at radius 1 is 1.35 bits per heavy atom. The highest BCUT2D eigenvalue weighted by molar-refractivity contribution is 7.80. The van der Waals surface area contributed by atoms with Crippen molar-refractivity contribution in [2.45, 2.75) is 20.8 Å². The van der Waals surface area contributed by atoms with Gasteiger partial charge in [-0.2, -0.15) is 0 Å². The van der Waals surface area contributed by atoms with Gasteiger partial charge in [0.1, 0.15) is 0 Å². The molecule has 0 unspecified atom stereocenters. The lowest BCUT2D eigenvalue weighted by molar-refractivity contribution is 0.334. The first-order valence-corrected chi connectivity index (χ1v) is 6.11. The highest BCUT2D eigenvalue weighted by Crippen LogP contribution is 2.18. The van der Waals surface area contributed by atoms with Crippen LogP contribution in [0.1, 0.15) is 19.4 Å². The van der Waals surface area contributed by atoms with Crippen LogP contribution in [0.15, 0.2) is 30.5 Å². The molecule has 0 N–H and O–H groups in total. The predicted octanol–water partition coefficient (Wildman–Crippen LogP) is 3.86. The summed E-state index contributed by atoms with van der Waals surface area (Å²) in [6.45, 7) is 6.51. The Morgan fingerprint density at radius 2 is 2.00 bits per heavy atom. The second kappa shape index (κ2) is 6.40. The van der Waals surface area contributed by atoms with Gasteiger partial charge >= 0.3 is 0 Å². The Balaban J connectivity index is 0.000000209. The molecule has 0 radical (unpaired) electrons. The Labute approximate surface area is 108 Å². The fourth-order valence-corrected chi connectivity index (χ4v) is 1.87. The van der Waals surface area contributed by atoms with Gasteiger partial charge in [0.25, 0.3) is 0 Å². The lowest BCUT2D eigenvalue weighted by Gasteiger charge is -1.93. The van der Waals surface area contributed by atoms with E-state index in [4.69, 9.17) is 4.74 Å². The summed E-state index contributed by atoms with van der Waals surface area (Å²) in [4.78, 5) is 0. The summed E-state index contributed by atoms with van der Waals surface area (Å²) in [5.74, 6) is 0. The first kappa shape index (κ1) is 13.7. The second-order valence-electron chi connectivity index (χ2n) is 3.86. The van der Waals surface area contributed by atoms with Crippen molar-refractivity contribution in [2.24, 2.45) is 7.05 Å². The number of nitrogens with zero attached hydrogens (tertiary/aromatic N) is 1. The van der Waals surface area contributed by atoms with Crippen LogP contribution in [0, 0.1) is 6.92 Å². The zero-order valence-electron chi connectivity index (χ0n) is 10.9. The van der Waals surface area contributed by atoms with Crippen LogP contribution in [-0.2, 0) is 11.8 Å². The smallest absolute Gasteiger partial charge is 0.156 e. The first-order valence-electron chi connectivity index (χ1n) is 5.70. The van der Waals surface area contributed by atoms with Crippen molar-refractivity contribution in [3.05, 3.63) is 36.0 Å². The van der Waals surface area contributed by atoms with E-state index < -0.39 is 0 Å². The molecule has 3 heteroatoms. The van der Waals surface area contributed by atoms with Crippen molar-refractivity contribution in [3.8, 4) is 0 Å². The minimum Gasteiger partial charge on any atom is -0.488 e. The topological polar surface area (TPSA) is 14.2 Å². The molecule has 2 aromatic rings. The molecular formula is C14H19NOS. The summed E-state index contributed by atoms with van der Waals surface area (Å²) in [6, 6.07) is 8.45. The molecule has 0 aliphatic rings. The SMILES string of the molecule is CCOC(C)=S.Cc1cn(C)c2ccccc12. The third-order valence-corrected chi connectivity index (χ3v) is 2.56. The van der Waals surface area contributed by atoms with Gasteiger partial charge in [0.2, 0.25) is 0 Å². The minimum absolute atomic E-state index is 0.623. The van der Waals surface area contributed by atoms with Crippen molar-refractivity contribution in [1.29, 1.82) is 0 Å². The molecule has 0 saturated heterocycles. The van der Waals surface area contributed by atoms with Crippen LogP contribution < -0.4 is 0 Å². The summed E-state index contributed by atoms with van der Waals surface area (Å²) in [6.07, 6.45) is 2.16. The molecule has 92 valence electrons. The largest absolute Gasteiger partial charge is 0.488 e. The lowest BCUT2D eigenvalue weighted by Crippen LogP contribution is -1.92. The standard InChI is InChI=1S/C10H11N.C4H8OS/c1-8-7-11(2)10-6-4-3-5-9(8)10;1-3-5-4(2)6/h3-7H,1-2H3;3H2,1-2H3. The van der Waals surface area contributed by atoms with E-state index in [2.05, 4.69) is 61.2 Å². The maximum Gasteiger partial charge on any atom is 0.156 e. The normalized spacial score (nSPS) is 9.65. The van der Waals surface area contributed by atoms with Gasteiger partial charge in [0, 0.05) is 31.1 Å². The zero-order chi connectivity index (χ0) is 12.8. The van der Waals surface area contributed by atoms with Crippen molar-refractivity contribution < 1.29 is 4.74 Å². The zero-order valence-corrected chi connectivity index (χ0v) is 11.7. The van der Waals surface area contributed by atoms with Crippen LogP contribution in [0.3, 0.4) is 0 Å². The fraction of sp³-hybridized carbons (Fsp3) is 0.357. The molecule has 0 bridgehead atoms. The van der Waals surface area contributed by atoms with E-state index in [1.54, 1.807) is 6.92 Å². The maximum atomic E-state index is 4.77. The quantitative estimate of drug-likeness (QED) is 0.713. The molecule has 2 rings (SSSR count). The summed E-state index contributed by atoms with van der Waals surface area (Å²) < 4.78 is 6.93. The molecule has 1 aromatic heterocycles. The molecule has 17 heavy (non-hydrogen) atoms. The van der Waals surface area contributed by atoms with Crippen LogP contribution in [0.2, 0.25) is 0 Å². The average molecular weight is 249 g/mol. The Morgan fingerprint density at radius 3 is 2.47 bits per heavy atom. The van der Waals surface area contributed by atoms with Crippen molar-refractivity contribution >= 4 is 28.2 Å². The molecule has 1 aromatic carbocycles. The van der Waals surface area contributed by atoms with E-state index in [9.17, 15) is 0 Å². The third-order valence-electron chi connectivity index (χ3n) is 2.44. The van der Waals surface area contributed by atoms with Crippen LogP contribution in [0.5, 0.6) is 0 Å². The van der Waals surface area contributed by atoms with Gasteiger partial charge < -0.3 is 9.30 Å². The van der Waals surface area contributed by atoms with Crippen LogP contribution in [0.25, 0.3) is 10.9 Å². The number of hydrogen-bond donors (Lipinski definition) is 0. The minimum atomic E-state index is 0.623. The molecule has 1 heterocycles. The van der Waals surface area contributed by atoms with Gasteiger partial charge in [0.05, 0.1) is 6.61 Å². The molecule has 0 aliphatic heterocycles. The van der Waals surface area contributed by atoms with Crippen molar-refractivity contribution in [2.75, 3.05) is 6.61 Å². The first-order chi connectivity index (χ1) is 8.06. The van der Waals surface area contributed by atoms with Gasteiger partial charge in [-0.25, -0.2) is 0 Å². The number of fused-ring (bicyclic) bond motifs is 1. The van der Waals surface area contributed by atoms with E-state index in [1.807, 2.05) is 6.92 Å². The second-order valence-corrected chi connectivity index (χ2v) is 4.44. The number of hydrogen-bond acceptors (Lipinski definition) is 2. The summed E-state index contributed by atoms with van der Waals surface area (Å²) in [7, 11) is 2.08. The molecule has 0 amide bonds. The molecule has 0 fully saturated rings. The maximum absolute atomic E-state index is 4.77. The number of ether oxygens (including phenoxy) is 1. The van der Waals surface area contributed by atoms with Gasteiger partial charge in [-0.1, -0.05) is 18.2 Å². The van der Waals surface area contributed by atoms with E-state index in [0.717, 1.165) is 0 Å². The third kappa shape index (κ3) is 3.86. The number of thiocarbonyl (C=S) groups is 1. The number of rotatable bonds is 1. The predicted molar refractivity (Wildman–Crippen MR) is 77.6 cm³/mol. The molecule has 0 spiro atoms. The highest BCUT2D eigenvalue weighted by atomic mass is 32.1. The van der Waals surface area contributed by atoms with Crippen LogP contribution >= 0.6 is 12.2 Å². The summed E-state index contributed by atoms with van der Waals surface area (Å²) >= 11 is 4.57. The van der Waals surface area contributed by atoms with Gasteiger partial charge in [-0.3, -0.25) is 0 Å². The Kier molecular flexibility index (Phi) is 5.16. The van der Waals surface area contributed by atoms with E-state index in [-0.39, 0.29) is 0 Å². The molecule has 2 nitrogen and oxygen atoms in total. The highest BCUT2D eigenvalue weighted by Gasteiger charge is 1.98. The van der Waals surface area contributed by atoms with Gasteiger partial charge in [-0.15, -0.1) is 0 Å². The number of benzene rings is 1. The molecule has 0 saturated carbocycles. The number of aromatic nitrogens is 1. The molecular weight excluding hydrogens is 230 g/mol. The van der Waals surface area contributed by atoms with Crippen LogP contribution in [-0.4, -0.2) is 16.2 Å². The monoisotopic (exact) mass is 249 g/mol. The van der Waals surface area contributed by atoms with Crippen molar-refractivity contribution in [1.82, 2.24) is 4.57 Å². The number of para-hydroxylation sites is 1. The van der Waals surface area contributed by atoms with Gasteiger partial charge in [0.15, 0.2) is 5.05 Å².